The lowest BCUT2D eigenvalue weighted by molar-refractivity contribution is 0.188. The highest BCUT2D eigenvalue weighted by atomic mass is 14.9. The molecule has 0 aromatic carbocycles. The standard InChI is InChI=1S/C9H19N/c1-9(2,3)8-4-6-10-7-5-8/h8,10H,4-7H2,1-3H3/i4D,5D,6D,7D. The summed E-state index contributed by atoms with van der Waals surface area (Å²) in [6.45, 7) is 4.47. The Labute approximate surface area is 69.8 Å². The zero-order valence-electron chi connectivity index (χ0n) is 10.9. The van der Waals surface area contributed by atoms with Crippen molar-refractivity contribution in [2.45, 2.75) is 33.6 Å². The maximum absolute atomic E-state index is 7.86. The molecule has 1 heteroatoms. The summed E-state index contributed by atoms with van der Waals surface area (Å²) in [7, 11) is 0. The third kappa shape index (κ3) is 1.98. The van der Waals surface area contributed by atoms with Crippen molar-refractivity contribution in [1.82, 2.24) is 5.32 Å². The molecule has 1 nitrogen and oxygen atoms in total. The highest BCUT2D eigenvalue weighted by molar-refractivity contribution is 4.78. The monoisotopic (exact) mass is 145 g/mol. The zero-order chi connectivity index (χ0) is 11.1. The summed E-state index contributed by atoms with van der Waals surface area (Å²) in [6.07, 6.45) is -1.22. The van der Waals surface area contributed by atoms with E-state index in [0.717, 1.165) is 0 Å². The van der Waals surface area contributed by atoms with Crippen molar-refractivity contribution < 1.29 is 5.48 Å². The summed E-state index contributed by atoms with van der Waals surface area (Å²) in [5.41, 5.74) is -0.181. The van der Waals surface area contributed by atoms with Gasteiger partial charge in [0.2, 0.25) is 0 Å². The summed E-state index contributed by atoms with van der Waals surface area (Å²) in [6, 6.07) is 0. The van der Waals surface area contributed by atoms with Crippen LogP contribution in [-0.2, 0) is 0 Å². The number of hydrogen-bond donors (Lipinski definition) is 1. The van der Waals surface area contributed by atoms with Crippen LogP contribution in [0, 0.1) is 11.3 Å². The van der Waals surface area contributed by atoms with Crippen molar-refractivity contribution in [2.75, 3.05) is 13.0 Å². The van der Waals surface area contributed by atoms with Gasteiger partial charge < -0.3 is 5.32 Å². The third-order valence-electron chi connectivity index (χ3n) is 1.80. The molecule has 1 aliphatic rings. The Morgan fingerprint density at radius 2 is 1.80 bits per heavy atom. The lowest BCUT2D eigenvalue weighted by Gasteiger charge is -2.34. The van der Waals surface area contributed by atoms with Crippen LogP contribution in [0.25, 0.3) is 0 Å². The highest BCUT2D eigenvalue weighted by Crippen LogP contribution is 2.32. The Morgan fingerprint density at radius 3 is 2.20 bits per heavy atom. The van der Waals surface area contributed by atoms with Crippen LogP contribution in [0.15, 0.2) is 0 Å². The van der Waals surface area contributed by atoms with E-state index in [4.69, 9.17) is 5.48 Å². The van der Waals surface area contributed by atoms with E-state index in [2.05, 4.69) is 5.32 Å². The van der Waals surface area contributed by atoms with Crippen molar-refractivity contribution in [3.05, 3.63) is 0 Å². The van der Waals surface area contributed by atoms with Gasteiger partial charge in [-0.2, -0.15) is 0 Å². The minimum absolute atomic E-state index is 0.181. The molecule has 1 rings (SSSR count). The minimum atomic E-state index is -0.733. The second-order valence-corrected chi connectivity index (χ2v) is 3.78. The van der Waals surface area contributed by atoms with E-state index in [-0.39, 0.29) is 11.3 Å². The summed E-state index contributed by atoms with van der Waals surface area (Å²) < 4.78 is 30.9. The normalized spacial score (nSPS) is 63.7. The summed E-state index contributed by atoms with van der Waals surface area (Å²) >= 11 is 0. The molecule has 0 amide bonds. The Balaban J connectivity index is 2.88. The van der Waals surface area contributed by atoms with Gasteiger partial charge in [0.15, 0.2) is 0 Å². The minimum Gasteiger partial charge on any atom is -0.317 e. The Hall–Kier alpha value is -0.0400. The molecule has 0 aromatic heterocycles. The number of rotatable bonds is 0. The first-order chi connectivity index (χ1) is 6.25. The van der Waals surface area contributed by atoms with Gasteiger partial charge in [-0.15, -0.1) is 0 Å². The highest BCUT2D eigenvalue weighted by Gasteiger charge is 2.25. The van der Waals surface area contributed by atoms with Gasteiger partial charge in [-0.25, -0.2) is 0 Å². The first kappa shape index (κ1) is 4.10. The van der Waals surface area contributed by atoms with Gasteiger partial charge in [0.1, 0.15) is 0 Å². The maximum Gasteiger partial charge on any atom is 0.0428 e. The molecule has 0 aromatic rings. The molecule has 1 fully saturated rings. The second-order valence-electron chi connectivity index (χ2n) is 3.78. The van der Waals surface area contributed by atoms with Crippen molar-refractivity contribution in [1.29, 1.82) is 0 Å². The number of nitrogens with one attached hydrogen (secondary N) is 1. The molecule has 1 N–H and O–H groups in total. The number of hydrogen-bond acceptors (Lipinski definition) is 1. The molecule has 0 radical (unpaired) electrons. The molecular weight excluding hydrogens is 122 g/mol. The van der Waals surface area contributed by atoms with Crippen molar-refractivity contribution in [3.63, 3.8) is 0 Å². The van der Waals surface area contributed by atoms with Crippen LogP contribution in [0.4, 0.5) is 0 Å². The molecule has 60 valence electrons. The van der Waals surface area contributed by atoms with Gasteiger partial charge in [0.05, 0.1) is 0 Å². The molecule has 1 aliphatic heterocycles. The SMILES string of the molecule is [2H]C1NC([2H])C([2H])C(C(C)(C)C)C1[2H]. The van der Waals surface area contributed by atoms with Gasteiger partial charge in [0, 0.05) is 5.48 Å². The molecule has 0 aliphatic carbocycles. The smallest absolute Gasteiger partial charge is 0.0428 e. The van der Waals surface area contributed by atoms with E-state index in [1.54, 1.807) is 0 Å². The average Bonchev–Trinajstić information content (AvgIpc) is 1.98. The van der Waals surface area contributed by atoms with E-state index in [9.17, 15) is 0 Å². The van der Waals surface area contributed by atoms with E-state index < -0.39 is 25.8 Å². The summed E-state index contributed by atoms with van der Waals surface area (Å²) in [5, 5.41) is 2.64. The maximum atomic E-state index is 7.86. The largest absolute Gasteiger partial charge is 0.317 e. The fourth-order valence-corrected chi connectivity index (χ4v) is 1.02. The van der Waals surface area contributed by atoms with Crippen LogP contribution in [0.5, 0.6) is 0 Å². The second kappa shape index (κ2) is 2.91. The quantitative estimate of drug-likeness (QED) is 0.550. The Morgan fingerprint density at radius 1 is 1.30 bits per heavy atom. The molecular formula is C9H19N. The Bertz CT molecular complexity index is 189. The molecule has 10 heavy (non-hydrogen) atoms. The molecule has 0 saturated carbocycles. The van der Waals surface area contributed by atoms with Crippen LogP contribution in [0.1, 0.15) is 39.0 Å². The van der Waals surface area contributed by atoms with Crippen LogP contribution < -0.4 is 5.32 Å². The van der Waals surface area contributed by atoms with Gasteiger partial charge in [-0.3, -0.25) is 0 Å². The van der Waals surface area contributed by atoms with Crippen LogP contribution in [-0.4, -0.2) is 13.0 Å². The molecule has 1 heterocycles. The van der Waals surface area contributed by atoms with E-state index in [1.807, 2.05) is 20.8 Å². The van der Waals surface area contributed by atoms with Crippen molar-refractivity contribution in [2.24, 2.45) is 11.3 Å². The van der Waals surface area contributed by atoms with Gasteiger partial charge >= 0.3 is 0 Å². The average molecular weight is 145 g/mol. The lowest BCUT2D eigenvalue weighted by atomic mass is 9.76. The Kier molecular flexibility index (Phi) is 1.20. The topological polar surface area (TPSA) is 12.0 Å². The zero-order valence-corrected chi connectivity index (χ0v) is 6.89. The van der Waals surface area contributed by atoms with Crippen LogP contribution >= 0.6 is 0 Å². The first-order valence-electron chi connectivity index (χ1n) is 6.01. The molecule has 0 bridgehead atoms. The predicted molar refractivity (Wildman–Crippen MR) is 45.0 cm³/mol. The molecule has 1 saturated heterocycles. The summed E-state index contributed by atoms with van der Waals surface area (Å²) in [4.78, 5) is 0. The van der Waals surface area contributed by atoms with Crippen molar-refractivity contribution in [3.8, 4) is 0 Å². The fraction of sp³-hybridized carbons (Fsp3) is 1.00. The van der Waals surface area contributed by atoms with Gasteiger partial charge in [-0.1, -0.05) is 20.8 Å². The first-order valence-corrected chi connectivity index (χ1v) is 3.70. The van der Waals surface area contributed by atoms with Gasteiger partial charge in [-0.05, 0) is 37.2 Å². The molecule has 4 atom stereocenters. The van der Waals surface area contributed by atoms with Crippen molar-refractivity contribution >= 4 is 0 Å². The predicted octanol–water partition coefficient (Wildman–Crippen LogP) is 2.03. The van der Waals surface area contributed by atoms with E-state index in [0.29, 0.717) is 0 Å². The molecule has 0 spiro atoms. The van der Waals surface area contributed by atoms with Crippen LogP contribution in [0.3, 0.4) is 0 Å². The van der Waals surface area contributed by atoms with Gasteiger partial charge in [0.25, 0.3) is 0 Å². The summed E-state index contributed by atoms with van der Waals surface area (Å²) in [5.74, 6) is -0.214. The fourth-order valence-electron chi connectivity index (χ4n) is 1.02. The number of piperidine rings is 1. The van der Waals surface area contributed by atoms with E-state index >= 15 is 0 Å². The lowest BCUT2D eigenvalue weighted by Crippen LogP contribution is -2.34. The third-order valence-corrected chi connectivity index (χ3v) is 1.80. The molecule has 4 unspecified atom stereocenters. The van der Waals surface area contributed by atoms with Crippen LogP contribution in [0.2, 0.25) is 0 Å². The van der Waals surface area contributed by atoms with E-state index in [1.165, 1.54) is 0 Å².